The molecule has 1 rings (SSSR count). The first-order chi connectivity index (χ1) is 6.60. The summed E-state index contributed by atoms with van der Waals surface area (Å²) < 4.78 is 13.1. The van der Waals surface area contributed by atoms with Crippen LogP contribution >= 0.6 is 0 Å². The molecule has 0 unspecified atom stereocenters. The lowest BCUT2D eigenvalue weighted by atomic mass is 10.0. The molecular formula is C10H11FN2O. The molecule has 0 fully saturated rings. The topological polar surface area (TPSA) is 70.0 Å². The van der Waals surface area contributed by atoms with Gasteiger partial charge in [-0.3, -0.25) is 0 Å². The number of aromatic hydroxyl groups is 1. The van der Waals surface area contributed by atoms with Crippen molar-refractivity contribution in [1.82, 2.24) is 0 Å². The fourth-order valence-electron chi connectivity index (χ4n) is 1.19. The number of benzene rings is 1. The lowest BCUT2D eigenvalue weighted by Crippen LogP contribution is -2.09. The monoisotopic (exact) mass is 194 g/mol. The average molecular weight is 194 g/mol. The first-order valence-electron chi connectivity index (χ1n) is 4.28. The highest BCUT2D eigenvalue weighted by molar-refractivity contribution is 5.43. The van der Waals surface area contributed by atoms with Gasteiger partial charge in [-0.05, 0) is 18.6 Å². The summed E-state index contributed by atoms with van der Waals surface area (Å²) in [5, 5.41) is 17.9. The molecule has 3 nitrogen and oxygen atoms in total. The Balaban J connectivity index is 3.28. The first kappa shape index (κ1) is 10.5. The molecule has 1 atom stereocenters. The summed E-state index contributed by atoms with van der Waals surface area (Å²) in [5.41, 5.74) is 6.10. The number of nitrogens with two attached hydrogens (primary N) is 1. The van der Waals surface area contributed by atoms with E-state index in [2.05, 4.69) is 0 Å². The van der Waals surface area contributed by atoms with E-state index in [1.807, 2.05) is 13.0 Å². The Morgan fingerprint density at radius 3 is 2.79 bits per heavy atom. The molecule has 1 aromatic rings. The number of hydrogen-bond donors (Lipinski definition) is 2. The van der Waals surface area contributed by atoms with Crippen LogP contribution < -0.4 is 5.73 Å². The lowest BCUT2D eigenvalue weighted by molar-refractivity contribution is 0.419. The second-order valence-electron chi connectivity index (χ2n) is 3.02. The molecular weight excluding hydrogens is 183 g/mol. The van der Waals surface area contributed by atoms with Crippen molar-refractivity contribution in [2.45, 2.75) is 19.4 Å². The Morgan fingerprint density at radius 1 is 1.64 bits per heavy atom. The zero-order valence-corrected chi connectivity index (χ0v) is 7.79. The van der Waals surface area contributed by atoms with Crippen LogP contribution in [0.2, 0.25) is 0 Å². The summed E-state index contributed by atoms with van der Waals surface area (Å²) in [6.07, 6.45) is 0.571. The van der Waals surface area contributed by atoms with Crippen LogP contribution in [-0.4, -0.2) is 5.11 Å². The number of nitriles is 1. The molecule has 0 spiro atoms. The minimum atomic E-state index is -0.803. The highest BCUT2D eigenvalue weighted by Crippen LogP contribution is 2.28. The Bertz CT molecular complexity index is 384. The molecule has 0 amide bonds. The minimum Gasteiger partial charge on any atom is -0.505 e. The van der Waals surface area contributed by atoms with E-state index in [-0.39, 0.29) is 11.1 Å². The summed E-state index contributed by atoms with van der Waals surface area (Å²) in [4.78, 5) is 0. The molecule has 14 heavy (non-hydrogen) atoms. The Labute approximate surface area is 81.6 Å². The maximum absolute atomic E-state index is 13.1. The molecule has 0 aromatic heterocycles. The van der Waals surface area contributed by atoms with E-state index in [0.717, 1.165) is 6.07 Å². The van der Waals surface area contributed by atoms with Crippen LogP contribution in [0.15, 0.2) is 12.1 Å². The van der Waals surface area contributed by atoms with Gasteiger partial charge in [-0.25, -0.2) is 4.39 Å². The highest BCUT2D eigenvalue weighted by atomic mass is 19.1. The number of phenolic OH excluding ortho intramolecular Hbond substituents is 1. The van der Waals surface area contributed by atoms with E-state index in [9.17, 15) is 9.50 Å². The normalized spacial score (nSPS) is 12.1. The molecule has 3 N–H and O–H groups in total. The molecule has 0 saturated heterocycles. The summed E-state index contributed by atoms with van der Waals surface area (Å²) in [5.74, 6) is -1.26. The Morgan fingerprint density at radius 2 is 2.29 bits per heavy atom. The Kier molecular flexibility index (Phi) is 3.05. The second-order valence-corrected chi connectivity index (χ2v) is 3.02. The molecule has 0 bridgehead atoms. The van der Waals surface area contributed by atoms with E-state index < -0.39 is 17.6 Å². The molecule has 0 aliphatic carbocycles. The quantitative estimate of drug-likeness (QED) is 0.754. The van der Waals surface area contributed by atoms with Crippen LogP contribution in [-0.2, 0) is 0 Å². The number of nitrogens with zero attached hydrogens (tertiary/aromatic N) is 1. The van der Waals surface area contributed by atoms with E-state index >= 15 is 0 Å². The Hall–Kier alpha value is -1.60. The third-order valence-electron chi connectivity index (χ3n) is 2.06. The number of rotatable bonds is 2. The van der Waals surface area contributed by atoms with Gasteiger partial charge in [0.1, 0.15) is 0 Å². The van der Waals surface area contributed by atoms with Crippen molar-refractivity contribution in [3.05, 3.63) is 29.1 Å². The van der Waals surface area contributed by atoms with Crippen molar-refractivity contribution in [2.24, 2.45) is 5.73 Å². The van der Waals surface area contributed by atoms with Gasteiger partial charge < -0.3 is 10.8 Å². The van der Waals surface area contributed by atoms with Gasteiger partial charge in [0.25, 0.3) is 0 Å². The molecule has 4 heteroatoms. The standard InChI is InChI=1S/C10H11FN2O/c1-2-9(13)7-3-6(5-12)4-8(11)10(7)14/h3-4,9,14H,2,13H2,1H3/t9-/m1/s1. The van der Waals surface area contributed by atoms with Gasteiger partial charge in [-0.1, -0.05) is 6.92 Å². The zero-order valence-electron chi connectivity index (χ0n) is 7.79. The van der Waals surface area contributed by atoms with Gasteiger partial charge in [-0.15, -0.1) is 0 Å². The van der Waals surface area contributed by atoms with E-state index in [4.69, 9.17) is 11.0 Å². The van der Waals surface area contributed by atoms with Crippen LogP contribution in [0.4, 0.5) is 4.39 Å². The number of phenols is 1. The van der Waals surface area contributed by atoms with Gasteiger partial charge in [-0.2, -0.15) is 5.26 Å². The van der Waals surface area contributed by atoms with Crippen LogP contribution in [0.1, 0.15) is 30.5 Å². The van der Waals surface area contributed by atoms with Crippen molar-refractivity contribution in [3.63, 3.8) is 0 Å². The first-order valence-corrected chi connectivity index (χ1v) is 4.28. The van der Waals surface area contributed by atoms with E-state index in [1.54, 1.807) is 0 Å². The van der Waals surface area contributed by atoms with Crippen molar-refractivity contribution in [2.75, 3.05) is 0 Å². The fourth-order valence-corrected chi connectivity index (χ4v) is 1.19. The average Bonchev–Trinajstić information content (AvgIpc) is 2.20. The molecule has 0 heterocycles. The molecule has 0 saturated carbocycles. The summed E-state index contributed by atoms with van der Waals surface area (Å²) in [6.45, 7) is 1.82. The van der Waals surface area contributed by atoms with Crippen molar-refractivity contribution >= 4 is 0 Å². The van der Waals surface area contributed by atoms with Gasteiger partial charge in [0.15, 0.2) is 11.6 Å². The molecule has 0 aliphatic rings. The summed E-state index contributed by atoms with van der Waals surface area (Å²) in [6, 6.07) is 3.76. The SMILES string of the molecule is CC[C@@H](N)c1cc(C#N)cc(F)c1O. The maximum atomic E-state index is 13.1. The highest BCUT2D eigenvalue weighted by Gasteiger charge is 2.14. The van der Waals surface area contributed by atoms with Gasteiger partial charge in [0, 0.05) is 11.6 Å². The molecule has 0 radical (unpaired) electrons. The molecule has 74 valence electrons. The van der Waals surface area contributed by atoms with E-state index in [0.29, 0.717) is 6.42 Å². The molecule has 0 aliphatic heterocycles. The van der Waals surface area contributed by atoms with Crippen LogP contribution in [0, 0.1) is 17.1 Å². The number of hydrogen-bond acceptors (Lipinski definition) is 3. The predicted octanol–water partition coefficient (Wildman–Crippen LogP) is 1.81. The minimum absolute atomic E-state index is 0.166. The lowest BCUT2D eigenvalue weighted by Gasteiger charge is -2.11. The van der Waals surface area contributed by atoms with Crippen molar-refractivity contribution in [1.29, 1.82) is 5.26 Å². The predicted molar refractivity (Wildman–Crippen MR) is 50.0 cm³/mol. The zero-order chi connectivity index (χ0) is 10.7. The van der Waals surface area contributed by atoms with Crippen LogP contribution in [0.25, 0.3) is 0 Å². The maximum Gasteiger partial charge on any atom is 0.166 e. The van der Waals surface area contributed by atoms with Crippen molar-refractivity contribution < 1.29 is 9.50 Å². The van der Waals surface area contributed by atoms with Gasteiger partial charge >= 0.3 is 0 Å². The van der Waals surface area contributed by atoms with Crippen LogP contribution in [0.5, 0.6) is 5.75 Å². The third kappa shape index (κ3) is 1.83. The number of halogens is 1. The fraction of sp³-hybridized carbons (Fsp3) is 0.300. The molecule has 1 aromatic carbocycles. The van der Waals surface area contributed by atoms with Gasteiger partial charge in [0.05, 0.1) is 11.6 Å². The summed E-state index contributed by atoms with van der Waals surface area (Å²) in [7, 11) is 0. The smallest absolute Gasteiger partial charge is 0.166 e. The van der Waals surface area contributed by atoms with Crippen molar-refractivity contribution in [3.8, 4) is 11.8 Å². The van der Waals surface area contributed by atoms with Crippen LogP contribution in [0.3, 0.4) is 0 Å². The van der Waals surface area contributed by atoms with E-state index in [1.165, 1.54) is 6.07 Å². The largest absolute Gasteiger partial charge is 0.505 e. The second kappa shape index (κ2) is 4.07. The summed E-state index contributed by atoms with van der Waals surface area (Å²) >= 11 is 0. The third-order valence-corrected chi connectivity index (χ3v) is 2.06. The van der Waals surface area contributed by atoms with Gasteiger partial charge in [0.2, 0.25) is 0 Å².